The maximum absolute atomic E-state index is 13.2. The lowest BCUT2D eigenvalue weighted by atomic mass is 9.99. The quantitative estimate of drug-likeness (QED) is 0.341. The highest BCUT2D eigenvalue weighted by molar-refractivity contribution is 7.91. The van der Waals surface area contributed by atoms with Crippen molar-refractivity contribution in [3.05, 3.63) is 40.7 Å². The molecule has 1 N–H and O–H groups in total. The van der Waals surface area contributed by atoms with Crippen LogP contribution in [0.2, 0.25) is 25.7 Å². The Morgan fingerprint density at radius 1 is 1.09 bits per heavy atom. The van der Waals surface area contributed by atoms with Gasteiger partial charge in [0.2, 0.25) is 15.8 Å². The first-order valence-corrected chi connectivity index (χ1v) is 17.5. The highest BCUT2D eigenvalue weighted by Gasteiger charge is 2.29. The summed E-state index contributed by atoms with van der Waals surface area (Å²) >= 11 is 0. The number of sulfone groups is 1. The molecule has 0 radical (unpaired) electrons. The van der Waals surface area contributed by atoms with Gasteiger partial charge in [0, 0.05) is 33.6 Å². The van der Waals surface area contributed by atoms with Gasteiger partial charge in [0.05, 0.1) is 6.20 Å². The molecule has 0 atom stereocenters. The van der Waals surface area contributed by atoms with Crippen LogP contribution in [-0.2, 0) is 54.0 Å². The average Bonchev–Trinajstić information content (AvgIpc) is 3.57. The summed E-state index contributed by atoms with van der Waals surface area (Å²) in [6, 6.07) is 3.39. The Morgan fingerprint density at radius 3 is 2.37 bits per heavy atom. The van der Waals surface area contributed by atoms with Crippen LogP contribution in [0.5, 0.6) is 0 Å². The molecule has 0 bridgehead atoms. The third kappa shape index (κ3) is 4.94. The van der Waals surface area contributed by atoms with E-state index in [0.717, 1.165) is 50.3 Å². The van der Waals surface area contributed by atoms with Crippen LogP contribution in [0.4, 0.5) is 11.6 Å². The van der Waals surface area contributed by atoms with Crippen molar-refractivity contribution in [1.82, 2.24) is 24.5 Å². The average molecular weight is 515 g/mol. The number of anilines is 2. The first-order valence-electron chi connectivity index (χ1n) is 12.3. The van der Waals surface area contributed by atoms with E-state index in [9.17, 15) is 8.42 Å². The molecule has 0 saturated carbocycles. The van der Waals surface area contributed by atoms with Gasteiger partial charge < -0.3 is 10.1 Å². The predicted molar refractivity (Wildman–Crippen MR) is 137 cm³/mol. The van der Waals surface area contributed by atoms with Gasteiger partial charge in [-0.25, -0.2) is 13.1 Å². The number of aromatic nitrogens is 5. The van der Waals surface area contributed by atoms with Crippen LogP contribution in [0.1, 0.15) is 35.1 Å². The van der Waals surface area contributed by atoms with Crippen LogP contribution in [-0.4, -0.2) is 47.6 Å². The summed E-state index contributed by atoms with van der Waals surface area (Å²) < 4.78 is 35.4. The monoisotopic (exact) mass is 514 g/mol. The smallest absolute Gasteiger partial charge is 0.273 e. The summed E-state index contributed by atoms with van der Waals surface area (Å²) in [4.78, 5) is 4.56. The minimum atomic E-state index is -3.90. The van der Waals surface area contributed by atoms with Crippen LogP contribution >= 0.6 is 0 Å². The second-order valence-corrected chi connectivity index (χ2v) is 18.2. The van der Waals surface area contributed by atoms with Gasteiger partial charge in [0.25, 0.3) is 5.16 Å². The number of fused-ring (bicyclic) bond motifs is 2. The molecule has 5 rings (SSSR count). The number of nitrogens with zero attached hydrogens (tertiary/aromatic N) is 5. The fourth-order valence-electron chi connectivity index (χ4n) is 4.87. The van der Waals surface area contributed by atoms with E-state index in [1.54, 1.807) is 11.7 Å². The van der Waals surface area contributed by atoms with Gasteiger partial charge in [-0.3, -0.25) is 4.68 Å². The second kappa shape index (κ2) is 9.18. The summed E-state index contributed by atoms with van der Waals surface area (Å²) in [5.74, 6) is 0.398. The molecule has 188 valence electrons. The third-order valence-corrected chi connectivity index (χ3v) is 9.99. The fourth-order valence-corrected chi connectivity index (χ4v) is 6.73. The third-order valence-electron chi connectivity index (χ3n) is 6.80. The molecule has 35 heavy (non-hydrogen) atoms. The lowest BCUT2D eigenvalue weighted by Crippen LogP contribution is -2.22. The summed E-state index contributed by atoms with van der Waals surface area (Å²) in [5, 5.41) is 11.7. The van der Waals surface area contributed by atoms with Crippen molar-refractivity contribution in [2.45, 2.75) is 81.0 Å². The molecule has 9 nitrogen and oxygen atoms in total. The second-order valence-electron chi connectivity index (χ2n) is 10.8. The first kappa shape index (κ1) is 24.2. The number of aryl methyl sites for hydroxylation is 3. The first-order chi connectivity index (χ1) is 16.6. The van der Waals surface area contributed by atoms with Gasteiger partial charge in [-0.2, -0.15) is 10.1 Å². The number of hydrogen-bond acceptors (Lipinski definition) is 7. The van der Waals surface area contributed by atoms with Crippen LogP contribution in [0.15, 0.2) is 28.5 Å². The van der Waals surface area contributed by atoms with Gasteiger partial charge in [-0.1, -0.05) is 25.7 Å². The molecular weight excluding hydrogens is 480 g/mol. The topological polar surface area (TPSA) is 104 Å². The van der Waals surface area contributed by atoms with E-state index < -0.39 is 17.9 Å². The maximum Gasteiger partial charge on any atom is 0.273 e. The lowest BCUT2D eigenvalue weighted by Gasteiger charge is -2.18. The largest absolute Gasteiger partial charge is 0.359 e. The molecule has 0 saturated heterocycles. The van der Waals surface area contributed by atoms with E-state index >= 15 is 0 Å². The highest BCUT2D eigenvalue weighted by atomic mass is 32.2. The van der Waals surface area contributed by atoms with E-state index in [1.165, 1.54) is 39.3 Å². The molecule has 0 spiro atoms. The van der Waals surface area contributed by atoms with Gasteiger partial charge in [-0.15, -0.1) is 5.10 Å². The Hall–Kier alpha value is -2.50. The Labute approximate surface area is 207 Å². The van der Waals surface area contributed by atoms with Crippen LogP contribution in [0.25, 0.3) is 0 Å². The number of rotatable bonds is 9. The molecule has 2 aliphatic carbocycles. The van der Waals surface area contributed by atoms with Gasteiger partial charge in [0.1, 0.15) is 11.6 Å². The summed E-state index contributed by atoms with van der Waals surface area (Å²) in [6.45, 7) is 7.64. The Morgan fingerprint density at radius 2 is 1.77 bits per heavy atom. The molecule has 0 amide bonds. The normalized spacial score (nSPS) is 15.4. The minimum Gasteiger partial charge on any atom is -0.359 e. The minimum absolute atomic E-state index is 0.0739. The Balaban J connectivity index is 1.50. The molecule has 0 aliphatic heterocycles. The van der Waals surface area contributed by atoms with E-state index in [2.05, 4.69) is 46.2 Å². The number of benzene rings is 1. The maximum atomic E-state index is 13.2. The fraction of sp³-hybridized carbons (Fsp3) is 0.542. The number of hydrogen-bond donors (Lipinski definition) is 1. The van der Waals surface area contributed by atoms with E-state index in [4.69, 9.17) is 4.74 Å². The van der Waals surface area contributed by atoms with Gasteiger partial charge in [-0.05, 0) is 66.8 Å². The summed E-state index contributed by atoms with van der Waals surface area (Å²) in [7, 11) is -3.47. The van der Waals surface area contributed by atoms with Crippen LogP contribution < -0.4 is 5.32 Å². The van der Waals surface area contributed by atoms with Gasteiger partial charge >= 0.3 is 0 Å². The van der Waals surface area contributed by atoms with E-state index in [0.29, 0.717) is 12.6 Å². The highest BCUT2D eigenvalue weighted by Crippen LogP contribution is 2.40. The van der Waals surface area contributed by atoms with E-state index in [-0.39, 0.29) is 16.8 Å². The number of ether oxygens (including phenoxy) is 1. The molecule has 0 unspecified atom stereocenters. The van der Waals surface area contributed by atoms with Crippen molar-refractivity contribution in [2.75, 3.05) is 11.9 Å². The zero-order valence-electron chi connectivity index (χ0n) is 21.0. The summed E-state index contributed by atoms with van der Waals surface area (Å²) in [5.41, 5.74) is 6.55. The molecule has 0 fully saturated rings. The molecule has 2 aromatic heterocycles. The standard InChI is InChI=1S/C24H34N6O3SSi/c1-29-15-19(14-25-29)34(31,32)24-27-23(30(28-24)16-33-11-12-35(2,3)4)26-22-20-9-5-7-17(20)13-18-8-6-10-21(18)22/h13-15H,5-12,16H2,1-4H3,(H,26,27,28). The van der Waals surface area contributed by atoms with Crippen molar-refractivity contribution < 1.29 is 13.2 Å². The lowest BCUT2D eigenvalue weighted by molar-refractivity contribution is 0.0792. The van der Waals surface area contributed by atoms with Crippen LogP contribution in [0, 0.1) is 0 Å². The van der Waals surface area contributed by atoms with Crippen molar-refractivity contribution >= 4 is 29.5 Å². The zero-order chi connectivity index (χ0) is 24.8. The van der Waals surface area contributed by atoms with Crippen LogP contribution in [0.3, 0.4) is 0 Å². The molecular formula is C24H34N6O3SSi. The molecule has 2 aliphatic rings. The van der Waals surface area contributed by atoms with Crippen molar-refractivity contribution in [3.8, 4) is 0 Å². The predicted octanol–water partition coefficient (Wildman–Crippen LogP) is 3.88. The molecule has 1 aromatic carbocycles. The Kier molecular flexibility index (Phi) is 6.35. The van der Waals surface area contributed by atoms with Gasteiger partial charge in [0.15, 0.2) is 0 Å². The molecule has 11 heteroatoms. The van der Waals surface area contributed by atoms with E-state index in [1.807, 2.05) is 0 Å². The van der Waals surface area contributed by atoms with Crippen molar-refractivity contribution in [1.29, 1.82) is 0 Å². The van der Waals surface area contributed by atoms with Crippen molar-refractivity contribution in [3.63, 3.8) is 0 Å². The molecule has 2 heterocycles. The SMILES string of the molecule is Cn1cc(S(=O)(=O)c2nc(Nc3c4c(cc5c3CCC5)CCC4)n(COCC[Si](C)(C)C)n2)cn1. The molecule has 3 aromatic rings. The summed E-state index contributed by atoms with van der Waals surface area (Å²) in [6.07, 6.45) is 9.28. The number of nitrogens with one attached hydrogen (secondary N) is 1. The Bertz CT molecular complexity index is 1320. The van der Waals surface area contributed by atoms with Crippen molar-refractivity contribution in [2.24, 2.45) is 7.05 Å². The zero-order valence-corrected chi connectivity index (χ0v) is 22.8.